The second kappa shape index (κ2) is 20.6. The van der Waals surface area contributed by atoms with E-state index in [9.17, 15) is 4.79 Å². The molecule has 0 spiro atoms. The van der Waals surface area contributed by atoms with E-state index in [1.807, 2.05) is 0 Å². The molecule has 0 aliphatic heterocycles. The minimum absolute atomic E-state index is 0.262. The first-order valence-electron chi connectivity index (χ1n) is 9.29. The zero-order chi connectivity index (χ0) is 20.8. The molecule has 0 unspecified atom stereocenters. The maximum atomic E-state index is 10.3. The van der Waals surface area contributed by atoms with Gasteiger partial charge < -0.3 is 5.11 Å². The molecule has 0 fully saturated rings. The normalized spacial score (nSPS) is 12.3. The third kappa shape index (κ3) is 40.4. The average molecular weight is 403 g/mol. The van der Waals surface area contributed by atoms with Crippen LogP contribution >= 0.6 is 0 Å². The monoisotopic (exact) mass is 402 g/mol. The Kier molecular flexibility index (Phi) is 21.0. The smallest absolute Gasteiger partial charge is 0.394 e. The predicted octanol–water partition coefficient (Wildman–Crippen LogP) is 5.56. The van der Waals surface area contributed by atoms with Crippen molar-refractivity contribution in [3.63, 3.8) is 0 Å². The summed E-state index contributed by atoms with van der Waals surface area (Å²) in [6.07, 6.45) is 27.3. The largest absolute Gasteiger partial charge is 0.481 e. The summed E-state index contributed by atoms with van der Waals surface area (Å²) in [5.74, 6) is -0.712. The average Bonchev–Trinajstić information content (AvgIpc) is 2.56. The van der Waals surface area contributed by atoms with Gasteiger partial charge in [0, 0.05) is 6.42 Å². The highest BCUT2D eigenvalue weighted by molar-refractivity contribution is 7.79. The predicted molar refractivity (Wildman–Crippen MR) is 110 cm³/mol. The molecule has 0 saturated heterocycles. The van der Waals surface area contributed by atoms with Crippen molar-refractivity contribution in [2.45, 2.75) is 71.1 Å². The Balaban J connectivity index is 0. The number of unbranched alkanes of at least 4 members (excludes halogenated alkanes) is 4. The van der Waals surface area contributed by atoms with Crippen LogP contribution in [0.5, 0.6) is 0 Å². The standard InChI is InChI=1S/C20H32O2.H2O4S/c1-2-3-4-5-6-7-8-9-10-11-12-13-14-15-16-17-18-19-20(21)22;1-5(2,3)4/h6-7,9-10,12-13,15-16H,2-5,8,11,14,17-19H2,1H3,(H,21,22);(H2,1,2,3,4)/b7-6-,10-9-,13-12-,16-15-;. The van der Waals surface area contributed by atoms with E-state index in [-0.39, 0.29) is 6.42 Å². The first kappa shape index (κ1) is 27.5. The molecular weight excluding hydrogens is 368 g/mol. The van der Waals surface area contributed by atoms with Crippen molar-refractivity contribution in [3.05, 3.63) is 48.6 Å². The highest BCUT2D eigenvalue weighted by atomic mass is 32.3. The minimum atomic E-state index is -4.67. The van der Waals surface area contributed by atoms with Gasteiger partial charge in [0.1, 0.15) is 0 Å². The molecule has 0 radical (unpaired) electrons. The molecule has 0 bridgehead atoms. The number of aliphatic carboxylic acids is 1. The van der Waals surface area contributed by atoms with Crippen LogP contribution in [0.15, 0.2) is 48.6 Å². The lowest BCUT2D eigenvalue weighted by atomic mass is 10.2. The van der Waals surface area contributed by atoms with Gasteiger partial charge in [-0.2, -0.15) is 8.42 Å². The van der Waals surface area contributed by atoms with Crippen molar-refractivity contribution in [2.24, 2.45) is 0 Å². The number of carbonyl (C=O) groups is 1. The van der Waals surface area contributed by atoms with Crippen molar-refractivity contribution in [1.29, 1.82) is 0 Å². The maximum Gasteiger partial charge on any atom is 0.394 e. The van der Waals surface area contributed by atoms with E-state index in [0.29, 0.717) is 0 Å². The Morgan fingerprint density at radius 3 is 1.48 bits per heavy atom. The van der Waals surface area contributed by atoms with Gasteiger partial charge in [-0.3, -0.25) is 13.9 Å². The molecule has 0 saturated carbocycles. The van der Waals surface area contributed by atoms with Gasteiger partial charge >= 0.3 is 16.4 Å². The fraction of sp³-hybridized carbons (Fsp3) is 0.550. The molecule has 0 aromatic carbocycles. The number of carboxylic acids is 1. The van der Waals surface area contributed by atoms with Gasteiger partial charge in [-0.15, -0.1) is 0 Å². The second-order valence-corrected chi connectivity index (χ2v) is 6.72. The summed E-state index contributed by atoms with van der Waals surface area (Å²) in [4.78, 5) is 10.3. The van der Waals surface area contributed by atoms with Gasteiger partial charge in [0.25, 0.3) is 0 Å². The van der Waals surface area contributed by atoms with Gasteiger partial charge in [0.2, 0.25) is 0 Å². The van der Waals surface area contributed by atoms with Crippen molar-refractivity contribution in [3.8, 4) is 0 Å². The third-order valence-corrected chi connectivity index (χ3v) is 3.22. The molecule has 0 atom stereocenters. The lowest BCUT2D eigenvalue weighted by molar-refractivity contribution is -0.137. The van der Waals surface area contributed by atoms with E-state index in [4.69, 9.17) is 22.6 Å². The summed E-state index contributed by atoms with van der Waals surface area (Å²) >= 11 is 0. The Labute approximate surface area is 164 Å². The molecule has 7 heteroatoms. The Morgan fingerprint density at radius 1 is 0.741 bits per heavy atom. The molecule has 0 aliphatic rings. The molecule has 156 valence electrons. The Morgan fingerprint density at radius 2 is 1.11 bits per heavy atom. The van der Waals surface area contributed by atoms with Crippen LogP contribution in [0.25, 0.3) is 0 Å². The van der Waals surface area contributed by atoms with E-state index in [0.717, 1.165) is 32.1 Å². The van der Waals surface area contributed by atoms with Crippen LogP contribution in [0.1, 0.15) is 71.1 Å². The van der Waals surface area contributed by atoms with Crippen molar-refractivity contribution < 1.29 is 27.4 Å². The van der Waals surface area contributed by atoms with E-state index in [1.165, 1.54) is 25.7 Å². The Bertz CT molecular complexity index is 551. The van der Waals surface area contributed by atoms with Crippen LogP contribution in [0.4, 0.5) is 0 Å². The summed E-state index contributed by atoms with van der Waals surface area (Å²) in [7, 11) is -4.67. The molecule has 0 heterocycles. The number of rotatable bonds is 14. The fourth-order valence-corrected chi connectivity index (χ4v) is 1.93. The topological polar surface area (TPSA) is 112 Å². The van der Waals surface area contributed by atoms with Crippen LogP contribution in [0, 0.1) is 0 Å². The molecule has 6 nitrogen and oxygen atoms in total. The molecule has 0 amide bonds. The molecule has 0 aromatic rings. The number of allylic oxidation sites excluding steroid dienone is 8. The molecule has 3 N–H and O–H groups in total. The third-order valence-electron chi connectivity index (χ3n) is 3.22. The zero-order valence-corrected chi connectivity index (χ0v) is 17.0. The molecule has 27 heavy (non-hydrogen) atoms. The summed E-state index contributed by atoms with van der Waals surface area (Å²) in [6, 6.07) is 0. The molecule has 0 rings (SSSR count). The van der Waals surface area contributed by atoms with E-state index >= 15 is 0 Å². The minimum Gasteiger partial charge on any atom is -0.481 e. The molecular formula is C20H34O6S. The van der Waals surface area contributed by atoms with Crippen LogP contribution in [0.3, 0.4) is 0 Å². The number of carboxylic acid groups (broad SMARTS) is 1. The Hall–Kier alpha value is -1.70. The second-order valence-electron chi connectivity index (χ2n) is 5.82. The van der Waals surface area contributed by atoms with E-state index in [1.54, 1.807) is 0 Å². The SMILES string of the molecule is CCCCC/C=C\C/C=C\C/C=C\C/C=C\CCCC(=O)O.O=S(=O)(O)O. The fourth-order valence-electron chi connectivity index (χ4n) is 1.93. The molecule has 0 aliphatic carbocycles. The van der Waals surface area contributed by atoms with Crippen LogP contribution in [0.2, 0.25) is 0 Å². The van der Waals surface area contributed by atoms with Crippen LogP contribution in [-0.4, -0.2) is 28.6 Å². The lowest BCUT2D eigenvalue weighted by Crippen LogP contribution is -1.92. The van der Waals surface area contributed by atoms with Gasteiger partial charge in [0.05, 0.1) is 0 Å². The maximum absolute atomic E-state index is 10.3. The lowest BCUT2D eigenvalue weighted by Gasteiger charge is -1.90. The first-order valence-corrected chi connectivity index (χ1v) is 10.7. The van der Waals surface area contributed by atoms with E-state index in [2.05, 4.69) is 55.5 Å². The summed E-state index contributed by atoms with van der Waals surface area (Å²) < 4.78 is 31.6. The van der Waals surface area contributed by atoms with Crippen LogP contribution in [-0.2, 0) is 15.2 Å². The van der Waals surface area contributed by atoms with Crippen molar-refractivity contribution in [2.75, 3.05) is 0 Å². The highest BCUT2D eigenvalue weighted by Gasteiger charge is 1.92. The van der Waals surface area contributed by atoms with Gasteiger partial charge in [-0.25, -0.2) is 0 Å². The number of hydrogen-bond acceptors (Lipinski definition) is 3. The quantitative estimate of drug-likeness (QED) is 0.199. The van der Waals surface area contributed by atoms with Crippen molar-refractivity contribution in [1.82, 2.24) is 0 Å². The van der Waals surface area contributed by atoms with Crippen LogP contribution < -0.4 is 0 Å². The summed E-state index contributed by atoms with van der Waals surface area (Å²) in [5.41, 5.74) is 0. The summed E-state index contributed by atoms with van der Waals surface area (Å²) in [5, 5.41) is 8.49. The van der Waals surface area contributed by atoms with Crippen molar-refractivity contribution >= 4 is 16.4 Å². The van der Waals surface area contributed by atoms with Gasteiger partial charge in [-0.05, 0) is 44.9 Å². The van der Waals surface area contributed by atoms with E-state index < -0.39 is 16.4 Å². The van der Waals surface area contributed by atoms with Gasteiger partial charge in [0.15, 0.2) is 0 Å². The molecule has 0 aromatic heterocycles. The zero-order valence-electron chi connectivity index (χ0n) is 16.2. The highest BCUT2D eigenvalue weighted by Crippen LogP contribution is 2.01. The van der Waals surface area contributed by atoms with Gasteiger partial charge in [-0.1, -0.05) is 68.4 Å². The summed E-state index contributed by atoms with van der Waals surface area (Å²) in [6.45, 7) is 2.23. The number of hydrogen-bond donors (Lipinski definition) is 3. The first-order chi connectivity index (χ1) is 12.8.